The molecule has 0 aliphatic rings. The van der Waals surface area contributed by atoms with Crippen LogP contribution in [-0.2, 0) is 6.42 Å². The van der Waals surface area contributed by atoms with Crippen molar-refractivity contribution < 1.29 is 4.42 Å². The number of rotatable bonds is 2. The molecule has 0 amide bonds. The van der Waals surface area contributed by atoms with Gasteiger partial charge in [-0.25, -0.2) is 9.97 Å². The summed E-state index contributed by atoms with van der Waals surface area (Å²) < 4.78 is 5.02. The molecule has 70 valence electrons. The van der Waals surface area contributed by atoms with E-state index in [1.54, 1.807) is 6.92 Å². The van der Waals surface area contributed by atoms with Gasteiger partial charge in [0.25, 0.3) is 0 Å². The van der Waals surface area contributed by atoms with Crippen molar-refractivity contribution in [1.82, 2.24) is 20.2 Å². The Morgan fingerprint density at radius 2 is 2.43 bits per heavy atom. The smallest absolute Gasteiger partial charge is 0.203 e. The number of nitriles is 1. The topological polar surface area (TPSA) is 91.4 Å². The molecule has 0 saturated carbocycles. The summed E-state index contributed by atoms with van der Waals surface area (Å²) in [5.41, 5.74) is 0.572. The van der Waals surface area contributed by atoms with Crippen LogP contribution in [0, 0.1) is 18.3 Å². The first-order chi connectivity index (χ1) is 6.79. The average molecular weight is 189 g/mol. The normalized spacial score (nSPS) is 10.0. The van der Waals surface area contributed by atoms with Crippen molar-refractivity contribution in [3.63, 3.8) is 0 Å². The maximum atomic E-state index is 8.43. The maximum absolute atomic E-state index is 8.43. The zero-order chi connectivity index (χ0) is 9.97. The molecule has 6 nitrogen and oxygen atoms in total. The van der Waals surface area contributed by atoms with Crippen LogP contribution in [0.25, 0.3) is 11.5 Å². The number of aryl methyl sites for hydroxylation is 1. The van der Waals surface area contributed by atoms with Crippen molar-refractivity contribution in [2.75, 3.05) is 0 Å². The van der Waals surface area contributed by atoms with Gasteiger partial charge in [0, 0.05) is 6.92 Å². The third kappa shape index (κ3) is 1.47. The number of oxazole rings is 1. The van der Waals surface area contributed by atoms with E-state index < -0.39 is 0 Å². The Bertz CT molecular complexity index is 478. The van der Waals surface area contributed by atoms with Gasteiger partial charge in [-0.1, -0.05) is 0 Å². The van der Waals surface area contributed by atoms with Crippen LogP contribution in [0.15, 0.2) is 10.7 Å². The van der Waals surface area contributed by atoms with Crippen molar-refractivity contribution in [1.29, 1.82) is 5.26 Å². The summed E-state index contributed by atoms with van der Waals surface area (Å²) in [5.74, 6) is 1.54. The first-order valence-corrected chi connectivity index (χ1v) is 4.00. The first-order valence-electron chi connectivity index (χ1n) is 4.00. The third-order valence-electron chi connectivity index (χ3n) is 1.63. The summed E-state index contributed by atoms with van der Waals surface area (Å²) in [7, 11) is 0. The Morgan fingerprint density at radius 3 is 3.07 bits per heavy atom. The van der Waals surface area contributed by atoms with Gasteiger partial charge in [0.15, 0.2) is 5.89 Å². The molecule has 0 unspecified atom stereocenters. The second-order valence-electron chi connectivity index (χ2n) is 2.69. The van der Waals surface area contributed by atoms with Gasteiger partial charge in [-0.3, -0.25) is 5.10 Å². The first kappa shape index (κ1) is 8.44. The van der Waals surface area contributed by atoms with Crippen molar-refractivity contribution >= 4 is 0 Å². The molecule has 2 aromatic heterocycles. The van der Waals surface area contributed by atoms with Gasteiger partial charge in [-0.15, -0.1) is 0 Å². The van der Waals surface area contributed by atoms with E-state index in [1.807, 2.05) is 6.07 Å². The number of aromatic nitrogens is 4. The van der Waals surface area contributed by atoms with Gasteiger partial charge in [-0.2, -0.15) is 10.4 Å². The van der Waals surface area contributed by atoms with E-state index in [9.17, 15) is 0 Å². The minimum atomic E-state index is 0.212. The summed E-state index contributed by atoms with van der Waals surface area (Å²) in [6.45, 7) is 1.74. The number of nitrogens with zero attached hydrogens (tertiary/aromatic N) is 4. The fourth-order valence-corrected chi connectivity index (χ4v) is 1.03. The highest BCUT2D eigenvalue weighted by Crippen LogP contribution is 2.13. The number of hydrogen-bond donors (Lipinski definition) is 1. The van der Waals surface area contributed by atoms with Gasteiger partial charge in [0.1, 0.15) is 17.8 Å². The molecule has 0 aliphatic carbocycles. The molecule has 0 aromatic carbocycles. The lowest BCUT2D eigenvalue weighted by atomic mass is 10.4. The van der Waals surface area contributed by atoms with Crippen LogP contribution in [0.1, 0.15) is 11.7 Å². The van der Waals surface area contributed by atoms with Crippen molar-refractivity contribution in [2.24, 2.45) is 0 Å². The molecule has 0 radical (unpaired) electrons. The lowest BCUT2D eigenvalue weighted by Gasteiger charge is -1.81. The van der Waals surface area contributed by atoms with Gasteiger partial charge in [-0.05, 0) is 0 Å². The average Bonchev–Trinajstić information content (AvgIpc) is 2.74. The largest absolute Gasteiger partial charge is 0.449 e. The van der Waals surface area contributed by atoms with Crippen LogP contribution in [0.3, 0.4) is 0 Å². The molecule has 14 heavy (non-hydrogen) atoms. The van der Waals surface area contributed by atoms with E-state index >= 15 is 0 Å². The molecule has 0 atom stereocenters. The van der Waals surface area contributed by atoms with Crippen LogP contribution in [0.5, 0.6) is 0 Å². The van der Waals surface area contributed by atoms with Crippen molar-refractivity contribution in [3.05, 3.63) is 18.0 Å². The number of hydrogen-bond acceptors (Lipinski definition) is 5. The predicted octanol–water partition coefficient (Wildman–Crippen LogP) is 0.834. The Labute approximate surface area is 79.6 Å². The maximum Gasteiger partial charge on any atom is 0.203 e. The fraction of sp³-hybridized carbons (Fsp3) is 0.250. The highest BCUT2D eigenvalue weighted by Gasteiger charge is 2.09. The summed E-state index contributed by atoms with van der Waals surface area (Å²) in [5, 5.41) is 15.0. The molecule has 0 bridgehead atoms. The Balaban J connectivity index is 2.30. The van der Waals surface area contributed by atoms with E-state index in [0.717, 1.165) is 0 Å². The Hall–Kier alpha value is -2.16. The van der Waals surface area contributed by atoms with E-state index in [4.69, 9.17) is 9.68 Å². The molecule has 2 rings (SSSR count). The second-order valence-corrected chi connectivity index (χ2v) is 2.69. The standard InChI is InChI=1S/C8H7N5O/c1-5-10-6(4-14-5)8-11-7(2-3-9)12-13-8/h4H,2H2,1H3,(H,11,12,13). The molecule has 1 N–H and O–H groups in total. The number of nitrogens with one attached hydrogen (secondary N) is 1. The Kier molecular flexibility index (Phi) is 1.99. The molecule has 2 heterocycles. The van der Waals surface area contributed by atoms with Crippen LogP contribution in [0.4, 0.5) is 0 Å². The van der Waals surface area contributed by atoms with E-state index in [0.29, 0.717) is 23.2 Å². The predicted molar refractivity (Wildman–Crippen MR) is 45.9 cm³/mol. The molecule has 0 saturated heterocycles. The van der Waals surface area contributed by atoms with E-state index in [-0.39, 0.29) is 6.42 Å². The monoisotopic (exact) mass is 189 g/mol. The fourth-order valence-electron chi connectivity index (χ4n) is 1.03. The molecular formula is C8H7N5O. The van der Waals surface area contributed by atoms with E-state index in [2.05, 4.69) is 20.2 Å². The minimum Gasteiger partial charge on any atom is -0.449 e. The molecule has 0 aliphatic heterocycles. The lowest BCUT2D eigenvalue weighted by molar-refractivity contribution is 0.521. The molecule has 2 aromatic rings. The zero-order valence-corrected chi connectivity index (χ0v) is 7.48. The number of H-pyrrole nitrogens is 1. The van der Waals surface area contributed by atoms with Crippen LogP contribution in [-0.4, -0.2) is 20.2 Å². The Morgan fingerprint density at radius 1 is 1.57 bits per heavy atom. The van der Waals surface area contributed by atoms with Gasteiger partial charge in [0.05, 0.1) is 12.5 Å². The van der Waals surface area contributed by atoms with Crippen LogP contribution < -0.4 is 0 Å². The zero-order valence-electron chi connectivity index (χ0n) is 7.48. The minimum absolute atomic E-state index is 0.212. The van der Waals surface area contributed by atoms with Crippen LogP contribution >= 0.6 is 0 Å². The summed E-state index contributed by atoms with van der Waals surface area (Å²) >= 11 is 0. The summed E-state index contributed by atoms with van der Waals surface area (Å²) in [6, 6.07) is 1.98. The highest BCUT2D eigenvalue weighted by molar-refractivity contribution is 5.46. The van der Waals surface area contributed by atoms with Gasteiger partial charge < -0.3 is 4.42 Å². The van der Waals surface area contributed by atoms with Crippen molar-refractivity contribution in [3.8, 4) is 17.6 Å². The van der Waals surface area contributed by atoms with Crippen LogP contribution in [0.2, 0.25) is 0 Å². The lowest BCUT2D eigenvalue weighted by Crippen LogP contribution is -1.84. The summed E-state index contributed by atoms with van der Waals surface area (Å²) in [4.78, 5) is 8.13. The highest BCUT2D eigenvalue weighted by atomic mass is 16.3. The second kappa shape index (κ2) is 3.30. The molecule has 0 fully saturated rings. The summed E-state index contributed by atoms with van der Waals surface area (Å²) in [6.07, 6.45) is 1.69. The molecule has 0 spiro atoms. The van der Waals surface area contributed by atoms with E-state index in [1.165, 1.54) is 6.26 Å². The van der Waals surface area contributed by atoms with Gasteiger partial charge in [0.2, 0.25) is 5.82 Å². The van der Waals surface area contributed by atoms with Crippen molar-refractivity contribution in [2.45, 2.75) is 13.3 Å². The van der Waals surface area contributed by atoms with Gasteiger partial charge >= 0.3 is 0 Å². The third-order valence-corrected chi connectivity index (χ3v) is 1.63. The number of aromatic amines is 1. The SMILES string of the molecule is Cc1nc(-c2n[nH]c(CC#N)n2)co1. The molecular weight excluding hydrogens is 182 g/mol. The quantitative estimate of drug-likeness (QED) is 0.755. The molecule has 6 heteroatoms.